The monoisotopic (exact) mass is 734 g/mol. The Kier molecular flexibility index (Phi) is 17.9. The summed E-state index contributed by atoms with van der Waals surface area (Å²) >= 11 is 1.69. The largest absolute Gasteiger partial charge is 1.00 e. The van der Waals surface area contributed by atoms with Crippen molar-refractivity contribution in [3.8, 4) is 0 Å². The molecular weight excluding hydrogens is 683 g/mol. The van der Waals surface area contributed by atoms with Crippen LogP contribution in [0.2, 0.25) is 6.55 Å². The standard InChI is InChI=1S/2C17H23.C7H8Si.2ClH.Zr/c2*1-6-13-7-15-9-14(11(2)3)10-16(12(4)5)17(15)8-13;1-8-7-5-3-2-4-6-7;;;/h2*7-12H,6H2,1-5H3;2-6H,1H3;2*1H;/q2*-1;;;;+2/p-2. The summed E-state index contributed by atoms with van der Waals surface area (Å²) in [6, 6.07) is 29.7. The van der Waals surface area contributed by atoms with Crippen LogP contribution in [0.15, 0.2) is 78.9 Å². The number of rotatable bonds is 7. The first-order valence-electron chi connectivity index (χ1n) is 16.4. The third kappa shape index (κ3) is 11.3. The van der Waals surface area contributed by atoms with Crippen molar-refractivity contribution >= 4 is 32.2 Å². The van der Waals surface area contributed by atoms with Gasteiger partial charge in [-0.1, -0.05) is 104 Å². The van der Waals surface area contributed by atoms with E-state index in [-0.39, 0.29) is 30.2 Å². The minimum absolute atomic E-state index is 0. The Bertz CT molecular complexity index is 1520. The molecule has 0 saturated heterocycles. The fourth-order valence-corrected chi connectivity index (χ4v) is 7.51. The molecule has 4 heteroatoms. The third-order valence-electron chi connectivity index (χ3n) is 8.47. The Balaban J connectivity index is 0.000000346. The fourth-order valence-electron chi connectivity index (χ4n) is 5.59. The van der Waals surface area contributed by atoms with E-state index in [1.54, 1.807) is 28.5 Å². The zero-order valence-electron chi connectivity index (χ0n) is 29.5. The van der Waals surface area contributed by atoms with Crippen molar-refractivity contribution in [3.05, 3.63) is 112 Å². The minimum Gasteiger partial charge on any atom is -1.00 e. The van der Waals surface area contributed by atoms with Crippen molar-refractivity contribution in [2.24, 2.45) is 0 Å². The number of hydrogen-bond acceptors (Lipinski definition) is 0. The van der Waals surface area contributed by atoms with Crippen LogP contribution in [-0.2, 0) is 36.2 Å². The predicted molar refractivity (Wildman–Crippen MR) is 192 cm³/mol. The molecule has 0 aliphatic rings. The van der Waals surface area contributed by atoms with E-state index in [0.717, 1.165) is 12.8 Å². The van der Waals surface area contributed by atoms with Crippen LogP contribution in [0.1, 0.15) is 126 Å². The van der Waals surface area contributed by atoms with Crippen LogP contribution in [0.4, 0.5) is 0 Å². The van der Waals surface area contributed by atoms with Crippen LogP contribution in [0, 0.1) is 0 Å². The van der Waals surface area contributed by atoms with Crippen LogP contribution in [-0.4, -0.2) is 5.43 Å². The van der Waals surface area contributed by atoms with Crippen molar-refractivity contribution in [1.29, 1.82) is 0 Å². The second-order valence-corrected chi connectivity index (χ2v) is 20.6. The maximum absolute atomic E-state index is 2.40. The molecular formula is C41H54Cl2SiZr-2. The SMILES string of the molecule is CCc1cc2c(C(C)C)cc(C(C)C)cc2[cH-]1.CCc1cc2c(C(C)C)cc(C(C)C)cc2[cH-]1.C[Si](=[Zr+2])c1ccccc1.[Cl-].[Cl-]. The van der Waals surface area contributed by atoms with E-state index < -0.39 is 0 Å². The van der Waals surface area contributed by atoms with Crippen LogP contribution in [0.5, 0.6) is 0 Å². The molecule has 5 aromatic carbocycles. The van der Waals surface area contributed by atoms with Gasteiger partial charge in [0.2, 0.25) is 0 Å². The van der Waals surface area contributed by atoms with E-state index in [9.17, 15) is 0 Å². The molecule has 0 nitrogen and oxygen atoms in total. The molecule has 0 N–H and O–H groups in total. The molecule has 0 bridgehead atoms. The van der Waals surface area contributed by atoms with E-state index in [1.165, 1.54) is 54.9 Å². The number of aryl methyl sites for hydroxylation is 2. The molecule has 0 radical (unpaired) electrons. The first-order chi connectivity index (χ1) is 20.4. The number of hydrogen-bond donors (Lipinski definition) is 0. The number of benzene rings is 3. The molecule has 0 aromatic heterocycles. The third-order valence-corrected chi connectivity index (χ3v) is 11.8. The van der Waals surface area contributed by atoms with E-state index >= 15 is 0 Å². The first-order valence-corrected chi connectivity index (χ1v) is 22.1. The van der Waals surface area contributed by atoms with Gasteiger partial charge in [-0.2, -0.15) is 12.1 Å². The van der Waals surface area contributed by atoms with Crippen LogP contribution in [0.25, 0.3) is 21.5 Å². The Morgan fingerprint density at radius 2 is 0.956 bits per heavy atom. The molecule has 242 valence electrons. The van der Waals surface area contributed by atoms with Crippen molar-refractivity contribution in [2.75, 3.05) is 0 Å². The van der Waals surface area contributed by atoms with Crippen molar-refractivity contribution in [1.82, 2.24) is 0 Å². The van der Waals surface area contributed by atoms with Gasteiger partial charge in [0, 0.05) is 0 Å². The first kappa shape index (κ1) is 41.6. The van der Waals surface area contributed by atoms with Gasteiger partial charge >= 0.3 is 70.8 Å². The van der Waals surface area contributed by atoms with Crippen molar-refractivity contribution < 1.29 is 48.1 Å². The summed E-state index contributed by atoms with van der Waals surface area (Å²) in [5.74, 6) is 2.42. The summed E-state index contributed by atoms with van der Waals surface area (Å²) in [5, 5.41) is 7.33. The van der Waals surface area contributed by atoms with Gasteiger partial charge in [0.15, 0.2) is 0 Å². The van der Waals surface area contributed by atoms with Crippen LogP contribution >= 0.6 is 0 Å². The molecule has 0 heterocycles. The van der Waals surface area contributed by atoms with Gasteiger partial charge in [-0.3, -0.25) is 0 Å². The fraction of sp³-hybridized carbons (Fsp3) is 0.415. The predicted octanol–water partition coefficient (Wildman–Crippen LogP) is 5.81. The Hall–Kier alpha value is -1.44. The maximum Gasteiger partial charge on any atom is -1.00 e. The van der Waals surface area contributed by atoms with Crippen LogP contribution < -0.4 is 30.0 Å². The van der Waals surface area contributed by atoms with Gasteiger partial charge in [-0.05, 0) is 36.5 Å². The molecule has 0 aliphatic heterocycles. The average Bonchev–Trinajstić information content (AvgIpc) is 3.60. The molecule has 0 unspecified atom stereocenters. The smallest absolute Gasteiger partial charge is 1.00 e. The summed E-state index contributed by atoms with van der Waals surface area (Å²) in [6.45, 7) is 25.1. The van der Waals surface area contributed by atoms with Crippen molar-refractivity contribution in [2.45, 2.75) is 112 Å². The number of halogens is 2. The molecule has 45 heavy (non-hydrogen) atoms. The minimum atomic E-state index is -0.122. The molecule has 0 aliphatic carbocycles. The molecule has 5 aromatic rings. The van der Waals surface area contributed by atoms with Gasteiger partial charge < -0.3 is 24.8 Å². The molecule has 0 atom stereocenters. The Labute approximate surface area is 302 Å². The van der Waals surface area contributed by atoms with Gasteiger partial charge in [0.25, 0.3) is 0 Å². The Morgan fingerprint density at radius 1 is 0.578 bits per heavy atom. The van der Waals surface area contributed by atoms with Gasteiger partial charge in [-0.15, -0.1) is 56.9 Å². The summed E-state index contributed by atoms with van der Waals surface area (Å²) < 4.78 is 0. The molecule has 5 rings (SSSR count). The van der Waals surface area contributed by atoms with Gasteiger partial charge in [-0.25, -0.2) is 0 Å². The van der Waals surface area contributed by atoms with Crippen LogP contribution in [0.3, 0.4) is 0 Å². The topological polar surface area (TPSA) is 0 Å². The second kappa shape index (κ2) is 19.4. The van der Waals surface area contributed by atoms with E-state index in [4.69, 9.17) is 0 Å². The van der Waals surface area contributed by atoms with Crippen molar-refractivity contribution in [3.63, 3.8) is 0 Å². The maximum atomic E-state index is 2.40. The zero-order chi connectivity index (χ0) is 31.8. The molecule has 0 amide bonds. The zero-order valence-corrected chi connectivity index (χ0v) is 34.5. The van der Waals surface area contributed by atoms with E-state index in [2.05, 4.69) is 155 Å². The number of fused-ring (bicyclic) bond motifs is 2. The summed E-state index contributed by atoms with van der Waals surface area (Å²) in [7, 11) is 0. The summed E-state index contributed by atoms with van der Waals surface area (Å²) in [4.78, 5) is 0. The molecule has 0 spiro atoms. The quantitative estimate of drug-likeness (QED) is 0.146. The molecule has 0 fully saturated rings. The average molecular weight is 737 g/mol. The normalized spacial score (nSPS) is 10.9. The second-order valence-electron chi connectivity index (χ2n) is 13.3. The molecule has 0 saturated carbocycles. The summed E-state index contributed by atoms with van der Waals surface area (Å²) in [5.41, 5.74) is 8.74. The van der Waals surface area contributed by atoms with Gasteiger partial charge in [0.1, 0.15) is 0 Å². The summed E-state index contributed by atoms with van der Waals surface area (Å²) in [6.07, 6.45) is 2.26. The van der Waals surface area contributed by atoms with Gasteiger partial charge in [0.05, 0.1) is 0 Å². The van der Waals surface area contributed by atoms with E-state index in [1.807, 2.05) is 0 Å². The Morgan fingerprint density at radius 3 is 1.22 bits per heavy atom. The van der Waals surface area contributed by atoms with E-state index in [0.29, 0.717) is 23.7 Å².